The van der Waals surface area contributed by atoms with Crippen LogP contribution in [0.1, 0.15) is 38.5 Å². The number of hydrogen-bond acceptors (Lipinski definition) is 3. The summed E-state index contributed by atoms with van der Waals surface area (Å²) >= 11 is 0. The third kappa shape index (κ3) is 5.52. The number of rotatable bonds is 6. The lowest BCUT2D eigenvalue weighted by Gasteiger charge is -2.20. The summed E-state index contributed by atoms with van der Waals surface area (Å²) in [6, 6.07) is 0. The van der Waals surface area contributed by atoms with Gasteiger partial charge in [0.25, 0.3) is 0 Å². The van der Waals surface area contributed by atoms with Gasteiger partial charge in [0.2, 0.25) is 0 Å². The van der Waals surface area contributed by atoms with Crippen LogP contribution in [0.2, 0.25) is 0 Å². The van der Waals surface area contributed by atoms with Crippen LogP contribution in [-0.2, 0) is 14.3 Å². The van der Waals surface area contributed by atoms with Gasteiger partial charge in [-0.15, -0.1) is 0 Å². The van der Waals surface area contributed by atoms with Gasteiger partial charge in [0.15, 0.2) is 5.78 Å². The molecule has 4 heteroatoms. The number of ether oxygens (including phenoxy) is 1. The van der Waals surface area contributed by atoms with Crippen molar-refractivity contribution < 1.29 is 19.4 Å². The summed E-state index contributed by atoms with van der Waals surface area (Å²) < 4.78 is 5.22. The van der Waals surface area contributed by atoms with Crippen LogP contribution in [-0.4, -0.2) is 30.1 Å². The normalized spacial score (nSPS) is 17.6. The van der Waals surface area contributed by atoms with Gasteiger partial charge in [-0.1, -0.05) is 19.3 Å². The van der Waals surface area contributed by atoms with E-state index in [4.69, 9.17) is 9.84 Å². The minimum absolute atomic E-state index is 0.0528. The number of hydrogen-bond donors (Lipinski definition) is 1. The molecule has 1 fully saturated rings. The lowest BCUT2D eigenvalue weighted by Crippen LogP contribution is -2.18. The van der Waals surface area contributed by atoms with E-state index in [1.165, 1.54) is 32.1 Å². The van der Waals surface area contributed by atoms with E-state index < -0.39 is 12.4 Å². The zero-order valence-electron chi connectivity index (χ0n) is 8.91. The van der Waals surface area contributed by atoms with Crippen LogP contribution in [0.5, 0.6) is 0 Å². The van der Waals surface area contributed by atoms with E-state index in [1.54, 1.807) is 0 Å². The summed E-state index contributed by atoms with van der Waals surface area (Å²) in [5.41, 5.74) is 0. The van der Waals surface area contributed by atoms with Crippen molar-refractivity contribution in [1.82, 2.24) is 0 Å². The molecule has 0 heterocycles. The molecule has 0 saturated heterocycles. The van der Waals surface area contributed by atoms with Gasteiger partial charge in [0, 0.05) is 6.61 Å². The Kier molecular flexibility index (Phi) is 5.32. The number of carboxylic acids is 1. The molecule has 4 nitrogen and oxygen atoms in total. The second kappa shape index (κ2) is 6.56. The lowest BCUT2D eigenvalue weighted by atomic mass is 9.90. The molecule has 15 heavy (non-hydrogen) atoms. The van der Waals surface area contributed by atoms with E-state index in [9.17, 15) is 9.59 Å². The van der Waals surface area contributed by atoms with Crippen LogP contribution in [0.25, 0.3) is 0 Å². The van der Waals surface area contributed by atoms with Gasteiger partial charge in [-0.25, -0.2) is 0 Å². The predicted octanol–water partition coefficient (Wildman–Crippen LogP) is 1.63. The van der Waals surface area contributed by atoms with Crippen molar-refractivity contribution >= 4 is 11.8 Å². The summed E-state index contributed by atoms with van der Waals surface area (Å²) in [4.78, 5) is 21.2. The molecule has 0 unspecified atom stereocenters. The molecule has 1 aliphatic carbocycles. The summed E-state index contributed by atoms with van der Waals surface area (Å²) in [7, 11) is 0. The largest absolute Gasteiger partial charge is 0.481 e. The second-order valence-corrected chi connectivity index (χ2v) is 4.13. The summed E-state index contributed by atoms with van der Waals surface area (Å²) in [5.74, 6) is -0.865. The Morgan fingerprint density at radius 1 is 1.20 bits per heavy atom. The molecule has 0 bridgehead atoms. The van der Waals surface area contributed by atoms with Crippen LogP contribution in [0, 0.1) is 5.92 Å². The molecule has 0 amide bonds. The monoisotopic (exact) mass is 214 g/mol. The number of carbonyl (C=O) groups excluding carboxylic acids is 1. The van der Waals surface area contributed by atoms with Gasteiger partial charge in [-0.2, -0.15) is 0 Å². The zero-order chi connectivity index (χ0) is 11.1. The summed E-state index contributed by atoms with van der Waals surface area (Å²) in [6.07, 6.45) is 5.72. The van der Waals surface area contributed by atoms with Crippen LogP contribution in [0.3, 0.4) is 0 Å². The van der Waals surface area contributed by atoms with E-state index in [-0.39, 0.29) is 12.4 Å². The maximum atomic E-state index is 11.0. The minimum atomic E-state index is -1.08. The smallest absolute Gasteiger partial charge is 0.310 e. The highest BCUT2D eigenvalue weighted by molar-refractivity contribution is 5.95. The first-order valence-electron chi connectivity index (χ1n) is 5.49. The van der Waals surface area contributed by atoms with Crippen molar-refractivity contribution in [2.24, 2.45) is 5.92 Å². The Morgan fingerprint density at radius 2 is 1.87 bits per heavy atom. The first-order valence-corrected chi connectivity index (χ1v) is 5.49. The zero-order valence-corrected chi connectivity index (χ0v) is 8.91. The van der Waals surface area contributed by atoms with Crippen LogP contribution in [0.15, 0.2) is 0 Å². The molecule has 1 aliphatic rings. The average molecular weight is 214 g/mol. The van der Waals surface area contributed by atoms with Gasteiger partial charge < -0.3 is 9.84 Å². The molecule has 0 aliphatic heterocycles. The fourth-order valence-corrected chi connectivity index (χ4v) is 1.91. The number of ketones is 1. The fraction of sp³-hybridized carbons (Fsp3) is 0.818. The number of carboxylic acid groups (broad SMARTS) is 1. The molecular formula is C11H18O4. The molecule has 0 aromatic rings. The third-order valence-corrected chi connectivity index (χ3v) is 2.69. The first-order chi connectivity index (χ1) is 7.18. The quantitative estimate of drug-likeness (QED) is 0.682. The van der Waals surface area contributed by atoms with Gasteiger partial charge >= 0.3 is 5.97 Å². The number of carbonyl (C=O) groups is 2. The molecule has 0 aromatic carbocycles. The molecule has 1 saturated carbocycles. The predicted molar refractivity (Wildman–Crippen MR) is 54.7 cm³/mol. The average Bonchev–Trinajstić information content (AvgIpc) is 2.18. The van der Waals surface area contributed by atoms with Crippen molar-refractivity contribution in [3.05, 3.63) is 0 Å². The standard InChI is InChI=1S/C11H18O4/c12-10(6-11(13)14)8-15-7-9-4-2-1-3-5-9/h9H,1-8H2,(H,13,14). The Balaban J connectivity index is 2.04. The number of Topliss-reactive ketones (excluding diaryl/α,β-unsaturated/α-hetero) is 1. The highest BCUT2D eigenvalue weighted by Gasteiger charge is 2.14. The van der Waals surface area contributed by atoms with Gasteiger partial charge in [0.1, 0.15) is 13.0 Å². The van der Waals surface area contributed by atoms with Crippen LogP contribution in [0.4, 0.5) is 0 Å². The molecule has 86 valence electrons. The maximum absolute atomic E-state index is 11.0. The van der Waals surface area contributed by atoms with Gasteiger partial charge in [-0.05, 0) is 18.8 Å². The SMILES string of the molecule is O=C(O)CC(=O)COCC1CCCCC1. The lowest BCUT2D eigenvalue weighted by molar-refractivity contribution is -0.141. The molecule has 0 spiro atoms. The number of aliphatic carboxylic acids is 1. The van der Waals surface area contributed by atoms with E-state index in [0.717, 1.165) is 0 Å². The van der Waals surface area contributed by atoms with Gasteiger partial charge in [0.05, 0.1) is 0 Å². The van der Waals surface area contributed by atoms with E-state index in [1.807, 2.05) is 0 Å². The van der Waals surface area contributed by atoms with Gasteiger partial charge in [-0.3, -0.25) is 9.59 Å². The third-order valence-electron chi connectivity index (χ3n) is 2.69. The van der Waals surface area contributed by atoms with Crippen molar-refractivity contribution in [2.45, 2.75) is 38.5 Å². The Labute approximate surface area is 89.6 Å². The molecule has 0 atom stereocenters. The topological polar surface area (TPSA) is 63.6 Å². The highest BCUT2D eigenvalue weighted by atomic mass is 16.5. The Hall–Kier alpha value is -0.900. The first kappa shape index (κ1) is 12.2. The van der Waals surface area contributed by atoms with E-state index in [0.29, 0.717) is 12.5 Å². The summed E-state index contributed by atoms with van der Waals surface area (Å²) in [5, 5.41) is 8.36. The molecular weight excluding hydrogens is 196 g/mol. The van der Waals surface area contributed by atoms with Crippen molar-refractivity contribution in [2.75, 3.05) is 13.2 Å². The molecule has 1 N–H and O–H groups in total. The second-order valence-electron chi connectivity index (χ2n) is 4.13. The summed E-state index contributed by atoms with van der Waals surface area (Å²) in [6.45, 7) is 0.550. The van der Waals surface area contributed by atoms with E-state index in [2.05, 4.69) is 0 Å². The highest BCUT2D eigenvalue weighted by Crippen LogP contribution is 2.23. The van der Waals surface area contributed by atoms with Crippen molar-refractivity contribution in [3.63, 3.8) is 0 Å². The van der Waals surface area contributed by atoms with Crippen LogP contribution < -0.4 is 0 Å². The minimum Gasteiger partial charge on any atom is -0.481 e. The Morgan fingerprint density at radius 3 is 2.47 bits per heavy atom. The van der Waals surface area contributed by atoms with Crippen molar-refractivity contribution in [3.8, 4) is 0 Å². The fourth-order valence-electron chi connectivity index (χ4n) is 1.91. The van der Waals surface area contributed by atoms with E-state index >= 15 is 0 Å². The molecule has 0 aromatic heterocycles. The molecule has 1 rings (SSSR count). The maximum Gasteiger partial charge on any atom is 0.310 e. The van der Waals surface area contributed by atoms with Crippen molar-refractivity contribution in [1.29, 1.82) is 0 Å². The van der Waals surface area contributed by atoms with Crippen LogP contribution >= 0.6 is 0 Å². The molecule has 0 radical (unpaired) electrons. The Bertz CT molecular complexity index is 219.